The number of nitrogens with zero attached hydrogens (tertiary/aromatic N) is 2. The number of carbonyl (C=O) groups is 2. The molecule has 0 fully saturated rings. The monoisotopic (exact) mass is 462 g/mol. The molecule has 8 nitrogen and oxygen atoms in total. The van der Waals surface area contributed by atoms with E-state index in [4.69, 9.17) is 4.74 Å². The van der Waals surface area contributed by atoms with Crippen LogP contribution in [0.25, 0.3) is 0 Å². The second-order valence-electron chi connectivity index (χ2n) is 6.71. The molecule has 0 atom stereocenters. The molecule has 1 heterocycles. The van der Waals surface area contributed by atoms with Gasteiger partial charge in [0.2, 0.25) is 11.7 Å². The normalized spacial score (nSPS) is 12.0. The molecule has 0 saturated heterocycles. The molecule has 0 aliphatic heterocycles. The lowest BCUT2D eigenvalue weighted by Gasteiger charge is -2.19. The SMILES string of the molecule is CCn1ncc(C(=O)c2cc(C)c(S(C)(=O)=O)c(C)c2C(F)(F)F)c1OCC(=O)OC. The summed E-state index contributed by atoms with van der Waals surface area (Å²) in [5, 5.41) is 3.92. The van der Waals surface area contributed by atoms with Gasteiger partial charge in [-0.05, 0) is 38.0 Å². The molecule has 0 radical (unpaired) electrons. The first-order valence-electron chi connectivity index (χ1n) is 8.95. The van der Waals surface area contributed by atoms with Crippen LogP contribution in [0.2, 0.25) is 0 Å². The number of aromatic nitrogens is 2. The van der Waals surface area contributed by atoms with Gasteiger partial charge in [-0.15, -0.1) is 0 Å². The van der Waals surface area contributed by atoms with Gasteiger partial charge in [0.1, 0.15) is 5.56 Å². The lowest BCUT2D eigenvalue weighted by atomic mass is 9.93. The van der Waals surface area contributed by atoms with E-state index in [1.165, 1.54) is 11.6 Å². The van der Waals surface area contributed by atoms with Crippen LogP contribution in [0, 0.1) is 13.8 Å². The Kier molecular flexibility index (Phi) is 6.84. The molecule has 31 heavy (non-hydrogen) atoms. The standard InChI is InChI=1S/C19H21F3N2O6S/c1-6-24-18(30-9-14(25)29-4)13(8-23-24)16(26)12-7-10(2)17(31(5,27)28)11(3)15(12)19(20,21)22/h7-8H,6,9H2,1-5H3. The summed E-state index contributed by atoms with van der Waals surface area (Å²) in [6, 6.07) is 0.891. The first-order chi connectivity index (χ1) is 14.2. The Morgan fingerprint density at radius 3 is 2.29 bits per heavy atom. The van der Waals surface area contributed by atoms with E-state index >= 15 is 0 Å². The number of aryl methyl sites for hydroxylation is 2. The van der Waals surface area contributed by atoms with Crippen LogP contribution >= 0.6 is 0 Å². The number of halogens is 3. The van der Waals surface area contributed by atoms with E-state index in [0.29, 0.717) is 0 Å². The zero-order valence-electron chi connectivity index (χ0n) is 17.5. The van der Waals surface area contributed by atoms with Crippen molar-refractivity contribution in [1.29, 1.82) is 0 Å². The van der Waals surface area contributed by atoms with Crippen LogP contribution in [0.5, 0.6) is 5.88 Å². The fourth-order valence-corrected chi connectivity index (χ4v) is 4.62. The maximum Gasteiger partial charge on any atom is 0.417 e. The van der Waals surface area contributed by atoms with E-state index in [9.17, 15) is 31.2 Å². The van der Waals surface area contributed by atoms with Crippen LogP contribution in [0.3, 0.4) is 0 Å². The highest BCUT2D eigenvalue weighted by Gasteiger charge is 2.40. The van der Waals surface area contributed by atoms with Crippen LogP contribution in [0.4, 0.5) is 13.2 Å². The molecule has 0 aliphatic rings. The first-order valence-corrected chi connectivity index (χ1v) is 10.8. The quantitative estimate of drug-likeness (QED) is 0.460. The number of hydrogen-bond acceptors (Lipinski definition) is 7. The number of ether oxygens (including phenoxy) is 2. The molecule has 170 valence electrons. The second-order valence-corrected chi connectivity index (χ2v) is 8.67. The molecular weight excluding hydrogens is 441 g/mol. The summed E-state index contributed by atoms with van der Waals surface area (Å²) in [7, 11) is -2.86. The molecule has 1 aromatic heterocycles. The second kappa shape index (κ2) is 8.69. The van der Waals surface area contributed by atoms with E-state index in [1.54, 1.807) is 6.92 Å². The summed E-state index contributed by atoms with van der Waals surface area (Å²) in [6.45, 7) is 3.60. The smallest absolute Gasteiger partial charge is 0.417 e. The van der Waals surface area contributed by atoms with Crippen molar-refractivity contribution in [3.05, 3.63) is 40.1 Å². The highest BCUT2D eigenvalue weighted by molar-refractivity contribution is 7.90. The number of sulfone groups is 1. The average Bonchev–Trinajstić information content (AvgIpc) is 3.05. The number of esters is 1. The highest BCUT2D eigenvalue weighted by Crippen LogP contribution is 2.40. The largest absolute Gasteiger partial charge is 0.466 e. The van der Waals surface area contributed by atoms with Gasteiger partial charge in [-0.1, -0.05) is 0 Å². The number of alkyl halides is 3. The maximum absolute atomic E-state index is 13.9. The molecule has 12 heteroatoms. The van der Waals surface area contributed by atoms with E-state index in [0.717, 1.165) is 32.6 Å². The Bertz CT molecular complexity index is 1140. The predicted octanol–water partition coefficient (Wildman–Crippen LogP) is 2.72. The topological polar surface area (TPSA) is 105 Å². The lowest BCUT2D eigenvalue weighted by Crippen LogP contribution is -2.20. The van der Waals surface area contributed by atoms with Crippen molar-refractivity contribution in [1.82, 2.24) is 9.78 Å². The highest BCUT2D eigenvalue weighted by atomic mass is 32.2. The van der Waals surface area contributed by atoms with E-state index < -0.39 is 56.0 Å². The summed E-state index contributed by atoms with van der Waals surface area (Å²) in [5.41, 5.74) is -2.98. The maximum atomic E-state index is 13.9. The number of ketones is 1. The van der Waals surface area contributed by atoms with Crippen molar-refractivity contribution in [2.75, 3.05) is 20.0 Å². The van der Waals surface area contributed by atoms with Crippen molar-refractivity contribution >= 4 is 21.6 Å². The van der Waals surface area contributed by atoms with Crippen molar-refractivity contribution in [3.8, 4) is 5.88 Å². The molecule has 1 aromatic carbocycles. The molecular formula is C19H21F3N2O6S. The molecule has 2 rings (SSSR count). The Balaban J connectivity index is 2.74. The molecule has 0 amide bonds. The molecule has 2 aromatic rings. The molecule has 0 N–H and O–H groups in total. The number of carbonyl (C=O) groups excluding carboxylic acids is 2. The first kappa shape index (κ1) is 24.4. The van der Waals surface area contributed by atoms with Gasteiger partial charge in [-0.3, -0.25) is 4.79 Å². The number of methoxy groups -OCH3 is 1. The molecule has 0 unspecified atom stereocenters. The van der Waals surface area contributed by atoms with Gasteiger partial charge in [0.05, 0.1) is 23.8 Å². The summed E-state index contributed by atoms with van der Waals surface area (Å²) in [4.78, 5) is 24.1. The van der Waals surface area contributed by atoms with Crippen LogP contribution < -0.4 is 4.74 Å². The molecule has 0 bridgehead atoms. The minimum Gasteiger partial charge on any atom is -0.466 e. The minimum absolute atomic E-state index is 0.00346. The Labute approximate surface area is 176 Å². The Hall–Kier alpha value is -2.89. The van der Waals surface area contributed by atoms with Gasteiger partial charge in [-0.2, -0.15) is 18.3 Å². The van der Waals surface area contributed by atoms with Crippen LogP contribution in [0.1, 0.15) is 39.5 Å². The lowest BCUT2D eigenvalue weighted by molar-refractivity contribution is -0.143. The number of benzene rings is 1. The van der Waals surface area contributed by atoms with E-state index in [-0.39, 0.29) is 23.6 Å². The van der Waals surface area contributed by atoms with Gasteiger partial charge in [0.25, 0.3) is 0 Å². The average molecular weight is 462 g/mol. The van der Waals surface area contributed by atoms with Gasteiger partial charge < -0.3 is 9.47 Å². The Morgan fingerprint density at radius 1 is 1.19 bits per heavy atom. The minimum atomic E-state index is -5.00. The fraction of sp³-hybridized carbons (Fsp3) is 0.421. The molecule has 0 aliphatic carbocycles. The van der Waals surface area contributed by atoms with Gasteiger partial charge in [0, 0.05) is 18.4 Å². The molecule has 0 spiro atoms. The van der Waals surface area contributed by atoms with E-state index in [2.05, 4.69) is 9.84 Å². The summed E-state index contributed by atoms with van der Waals surface area (Å²) in [6.07, 6.45) is -3.17. The third-order valence-electron chi connectivity index (χ3n) is 4.49. The summed E-state index contributed by atoms with van der Waals surface area (Å²) in [5.74, 6) is -2.03. The van der Waals surface area contributed by atoms with Crippen LogP contribution in [-0.2, 0) is 32.1 Å². The van der Waals surface area contributed by atoms with Crippen molar-refractivity contribution in [2.24, 2.45) is 0 Å². The van der Waals surface area contributed by atoms with Crippen LogP contribution in [-0.4, -0.2) is 49.9 Å². The van der Waals surface area contributed by atoms with Crippen molar-refractivity contribution < 1.29 is 40.7 Å². The third-order valence-corrected chi connectivity index (χ3v) is 5.86. The Morgan fingerprint density at radius 2 is 1.81 bits per heavy atom. The fourth-order valence-electron chi connectivity index (χ4n) is 3.32. The zero-order valence-corrected chi connectivity index (χ0v) is 18.3. The number of rotatable bonds is 7. The van der Waals surface area contributed by atoms with Crippen LogP contribution in [0.15, 0.2) is 17.2 Å². The van der Waals surface area contributed by atoms with Gasteiger partial charge in [0.15, 0.2) is 16.4 Å². The van der Waals surface area contributed by atoms with Gasteiger partial charge in [-0.25, -0.2) is 17.9 Å². The van der Waals surface area contributed by atoms with Crippen molar-refractivity contribution in [2.45, 2.75) is 38.4 Å². The summed E-state index contributed by atoms with van der Waals surface area (Å²) < 4.78 is 76.7. The third kappa shape index (κ3) is 4.89. The van der Waals surface area contributed by atoms with E-state index in [1.807, 2.05) is 0 Å². The summed E-state index contributed by atoms with van der Waals surface area (Å²) >= 11 is 0. The zero-order chi connectivity index (χ0) is 23.7. The molecule has 0 saturated carbocycles. The van der Waals surface area contributed by atoms with Gasteiger partial charge >= 0.3 is 12.1 Å². The van der Waals surface area contributed by atoms with Crippen molar-refractivity contribution in [3.63, 3.8) is 0 Å². The predicted molar refractivity (Wildman–Crippen MR) is 103 cm³/mol. The number of hydrogen-bond donors (Lipinski definition) is 0.